The molecule has 0 fully saturated rings. The first-order valence-corrected chi connectivity index (χ1v) is 5.01. The molecular weight excluding hydrogens is 182 g/mol. The molecule has 0 aliphatic carbocycles. The minimum absolute atomic E-state index is 0.887. The van der Waals surface area contributed by atoms with E-state index in [0.717, 1.165) is 11.3 Å². The Hall–Kier alpha value is -1.55. The van der Waals surface area contributed by atoms with E-state index in [2.05, 4.69) is 30.6 Å². The zero-order valence-corrected chi connectivity index (χ0v) is 10.7. The number of hydrogen-bond donors (Lipinski definition) is 0. The van der Waals surface area contributed by atoms with Crippen LogP contribution in [0.15, 0.2) is 41.1 Å². The van der Waals surface area contributed by atoms with Crippen LogP contribution in [0.2, 0.25) is 0 Å². The summed E-state index contributed by atoms with van der Waals surface area (Å²) < 4.78 is 0. The van der Waals surface area contributed by atoms with Gasteiger partial charge in [-0.05, 0) is 33.1 Å². The van der Waals surface area contributed by atoms with Crippen LogP contribution in [0, 0.1) is 12.3 Å². The first-order chi connectivity index (χ1) is 7.21. The molecule has 0 unspecified atom stereocenters. The predicted octanol–water partition coefficient (Wildman–Crippen LogP) is 4.39. The molecule has 0 spiro atoms. The van der Waals surface area contributed by atoms with Crippen LogP contribution < -0.4 is 0 Å². The van der Waals surface area contributed by atoms with Crippen molar-refractivity contribution in [1.82, 2.24) is 0 Å². The van der Waals surface area contributed by atoms with Crippen molar-refractivity contribution in [2.45, 2.75) is 34.6 Å². The smallest absolute Gasteiger partial charge is 0.0648 e. The first-order valence-electron chi connectivity index (χ1n) is 5.01. The summed E-state index contributed by atoms with van der Waals surface area (Å²) in [6.45, 7) is 16.6. The van der Waals surface area contributed by atoms with Gasteiger partial charge < -0.3 is 0 Å². The van der Waals surface area contributed by atoms with Gasteiger partial charge in [0.05, 0.1) is 5.70 Å². The third kappa shape index (κ3) is 12.4. The summed E-state index contributed by atoms with van der Waals surface area (Å²) in [6, 6.07) is 0. The van der Waals surface area contributed by atoms with Crippen LogP contribution in [0.4, 0.5) is 0 Å². The second-order valence-corrected chi connectivity index (χ2v) is 2.07. The number of hydrogen-bond acceptors (Lipinski definition) is 1. The lowest BCUT2D eigenvalue weighted by molar-refractivity contribution is 1.33. The Kier molecular flexibility index (Phi) is 23.3. The van der Waals surface area contributed by atoms with Crippen molar-refractivity contribution in [3.63, 3.8) is 0 Å². The van der Waals surface area contributed by atoms with Crippen LogP contribution >= 0.6 is 0 Å². The molecule has 0 aliphatic heterocycles. The Morgan fingerprint density at radius 3 is 1.73 bits per heavy atom. The molecule has 1 heteroatoms. The van der Waals surface area contributed by atoms with E-state index < -0.39 is 0 Å². The van der Waals surface area contributed by atoms with E-state index in [1.54, 1.807) is 13.0 Å². The molecule has 0 aromatic carbocycles. The van der Waals surface area contributed by atoms with Crippen LogP contribution in [0.5, 0.6) is 0 Å². The Morgan fingerprint density at radius 1 is 1.27 bits per heavy atom. The fourth-order valence-corrected chi connectivity index (χ4v) is 0.720. The lowest BCUT2D eigenvalue weighted by Crippen LogP contribution is -1.79. The van der Waals surface area contributed by atoms with Gasteiger partial charge in [-0.2, -0.15) is 0 Å². The van der Waals surface area contributed by atoms with Gasteiger partial charge in [-0.25, -0.2) is 0 Å². The molecule has 0 radical (unpaired) electrons. The molecule has 0 heterocycles. The molecule has 0 aromatic rings. The lowest BCUT2D eigenvalue weighted by atomic mass is 10.2. The number of terminal acetylenes is 1. The zero-order valence-electron chi connectivity index (χ0n) is 10.7. The van der Waals surface area contributed by atoms with E-state index in [1.807, 2.05) is 39.8 Å². The zero-order chi connectivity index (χ0) is 12.7. The van der Waals surface area contributed by atoms with Crippen LogP contribution in [0.3, 0.4) is 0 Å². The van der Waals surface area contributed by atoms with E-state index in [4.69, 9.17) is 0 Å². The number of aliphatic imine (C=N–C) groups is 1. The van der Waals surface area contributed by atoms with E-state index in [9.17, 15) is 0 Å². The molecule has 0 N–H and O–H groups in total. The van der Waals surface area contributed by atoms with Crippen molar-refractivity contribution < 1.29 is 0 Å². The fourth-order valence-electron chi connectivity index (χ4n) is 0.720. The van der Waals surface area contributed by atoms with E-state index in [0.29, 0.717) is 0 Å². The predicted molar refractivity (Wildman–Crippen MR) is 73.1 cm³/mol. The van der Waals surface area contributed by atoms with Gasteiger partial charge in [0.15, 0.2) is 0 Å². The Bertz CT molecular complexity index is 227. The minimum Gasteiger partial charge on any atom is -0.264 e. The first kappa shape index (κ1) is 19.1. The van der Waals surface area contributed by atoms with Crippen LogP contribution in [0.25, 0.3) is 0 Å². The SMILES string of the molecule is C#CC.C=CC(=C/C)/C(=C\C)N=C.CC. The van der Waals surface area contributed by atoms with E-state index in [-0.39, 0.29) is 0 Å². The average molecular weight is 205 g/mol. The summed E-state index contributed by atoms with van der Waals surface area (Å²) in [4.78, 5) is 3.82. The van der Waals surface area contributed by atoms with Crippen LogP contribution in [0.1, 0.15) is 34.6 Å². The highest BCUT2D eigenvalue weighted by molar-refractivity contribution is 5.42. The molecule has 15 heavy (non-hydrogen) atoms. The summed E-state index contributed by atoms with van der Waals surface area (Å²) >= 11 is 0. The fraction of sp³-hybridized carbons (Fsp3) is 0.357. The van der Waals surface area contributed by atoms with Gasteiger partial charge in [-0.15, -0.1) is 12.3 Å². The standard InChI is InChI=1S/C9H13N.C3H4.C2H6/c1-5-8(6-2)9(7-3)10-4;1-3-2;1-2/h5-7H,1,4H2,2-3H3;1H,2H3;1-2H3/b8-6-,9-7+;;. The van der Waals surface area contributed by atoms with Crippen molar-refractivity contribution in [3.05, 3.63) is 36.1 Å². The average Bonchev–Trinajstić information content (AvgIpc) is 2.29. The van der Waals surface area contributed by atoms with Gasteiger partial charge in [0.25, 0.3) is 0 Å². The monoisotopic (exact) mass is 205 g/mol. The van der Waals surface area contributed by atoms with Crippen LogP contribution in [-0.2, 0) is 0 Å². The summed E-state index contributed by atoms with van der Waals surface area (Å²) in [7, 11) is 0. The highest BCUT2D eigenvalue weighted by atomic mass is 14.7. The molecule has 84 valence electrons. The number of rotatable bonds is 3. The molecule has 0 bridgehead atoms. The van der Waals surface area contributed by atoms with Crippen molar-refractivity contribution in [3.8, 4) is 12.3 Å². The van der Waals surface area contributed by atoms with Gasteiger partial charge in [0, 0.05) is 0 Å². The number of allylic oxidation sites excluding steroid dienone is 3. The summed E-state index contributed by atoms with van der Waals surface area (Å²) in [5.74, 6) is 2.25. The van der Waals surface area contributed by atoms with Gasteiger partial charge in [0.2, 0.25) is 0 Å². The maximum atomic E-state index is 4.60. The quantitative estimate of drug-likeness (QED) is 0.368. The topological polar surface area (TPSA) is 12.4 Å². The highest BCUT2D eigenvalue weighted by Crippen LogP contribution is 2.10. The Morgan fingerprint density at radius 2 is 1.67 bits per heavy atom. The third-order valence-corrected chi connectivity index (χ3v) is 1.27. The van der Waals surface area contributed by atoms with E-state index >= 15 is 0 Å². The molecule has 0 saturated heterocycles. The summed E-state index contributed by atoms with van der Waals surface area (Å²) in [5.41, 5.74) is 1.91. The Labute approximate surface area is 95.3 Å². The van der Waals surface area contributed by atoms with Gasteiger partial charge in [0.1, 0.15) is 0 Å². The maximum Gasteiger partial charge on any atom is 0.0648 e. The molecule has 0 aromatic heterocycles. The van der Waals surface area contributed by atoms with Crippen LogP contribution in [-0.4, -0.2) is 6.72 Å². The summed E-state index contributed by atoms with van der Waals surface area (Å²) in [5, 5.41) is 0. The Balaban J connectivity index is -0.000000245. The maximum absolute atomic E-state index is 4.60. The molecule has 0 rings (SSSR count). The van der Waals surface area contributed by atoms with E-state index in [1.165, 1.54) is 0 Å². The summed E-state index contributed by atoms with van der Waals surface area (Å²) in [6.07, 6.45) is 10.2. The van der Waals surface area contributed by atoms with Crippen molar-refractivity contribution >= 4 is 6.72 Å². The molecule has 0 atom stereocenters. The molecular formula is C14H23N. The lowest BCUT2D eigenvalue weighted by Gasteiger charge is -1.98. The molecule has 1 nitrogen and oxygen atoms in total. The van der Waals surface area contributed by atoms with Gasteiger partial charge in [-0.1, -0.05) is 38.7 Å². The molecule has 0 amide bonds. The largest absolute Gasteiger partial charge is 0.264 e. The van der Waals surface area contributed by atoms with Gasteiger partial charge >= 0.3 is 0 Å². The number of nitrogens with zero attached hydrogens (tertiary/aromatic N) is 1. The molecule has 0 saturated carbocycles. The second kappa shape index (κ2) is 18.3. The second-order valence-electron chi connectivity index (χ2n) is 2.07. The van der Waals surface area contributed by atoms with Gasteiger partial charge in [-0.3, -0.25) is 4.99 Å². The normalized spacial score (nSPS) is 9.60. The molecule has 0 aliphatic rings. The highest BCUT2D eigenvalue weighted by Gasteiger charge is 1.92. The third-order valence-electron chi connectivity index (χ3n) is 1.27. The van der Waals surface area contributed by atoms with Crippen molar-refractivity contribution in [2.24, 2.45) is 4.99 Å². The minimum atomic E-state index is 0.887. The van der Waals surface area contributed by atoms with Crippen molar-refractivity contribution in [2.75, 3.05) is 0 Å². The van der Waals surface area contributed by atoms with Crippen molar-refractivity contribution in [1.29, 1.82) is 0 Å².